The normalized spacial score (nSPS) is 20.7. The monoisotopic (exact) mass is 406 g/mol. The highest BCUT2D eigenvalue weighted by Gasteiger charge is 2.31. The maximum absolute atomic E-state index is 12.9. The molecule has 5 heteroatoms. The molecule has 2 atom stereocenters. The third-order valence-electron chi connectivity index (χ3n) is 6.50. The summed E-state index contributed by atoms with van der Waals surface area (Å²) in [5.74, 6) is 0.537. The molecule has 1 heterocycles. The largest absolute Gasteiger partial charge is 0.322 e. The van der Waals surface area contributed by atoms with E-state index in [1.807, 2.05) is 37.3 Å². The molecule has 3 N–H and O–H groups in total. The number of carbonyl (C=O) groups is 1. The summed E-state index contributed by atoms with van der Waals surface area (Å²) in [6.07, 6.45) is 1.05. The summed E-state index contributed by atoms with van der Waals surface area (Å²) in [7, 11) is 0. The summed E-state index contributed by atoms with van der Waals surface area (Å²) in [5, 5.41) is 12.1. The van der Waals surface area contributed by atoms with Crippen LogP contribution in [0.15, 0.2) is 48.5 Å². The number of quaternary nitrogens is 2. The van der Waals surface area contributed by atoms with Crippen molar-refractivity contribution in [1.82, 2.24) is 0 Å². The Morgan fingerprint density at radius 3 is 2.37 bits per heavy atom. The van der Waals surface area contributed by atoms with Crippen LogP contribution in [0.5, 0.6) is 0 Å². The van der Waals surface area contributed by atoms with Crippen LogP contribution in [0.1, 0.15) is 49.8 Å². The third-order valence-corrected chi connectivity index (χ3v) is 6.50. The zero-order valence-corrected chi connectivity index (χ0v) is 18.4. The molecule has 2 aromatic rings. The van der Waals surface area contributed by atoms with Crippen LogP contribution >= 0.6 is 0 Å². The molecule has 1 fully saturated rings. The average molecular weight is 407 g/mol. The summed E-state index contributed by atoms with van der Waals surface area (Å²) >= 11 is 0. The fourth-order valence-corrected chi connectivity index (χ4v) is 4.21. The zero-order chi connectivity index (χ0) is 21.5. The van der Waals surface area contributed by atoms with Gasteiger partial charge in [-0.3, -0.25) is 4.79 Å². The molecule has 1 aliphatic rings. The van der Waals surface area contributed by atoms with Gasteiger partial charge in [-0.2, -0.15) is 5.26 Å². The van der Waals surface area contributed by atoms with Gasteiger partial charge >= 0.3 is 0 Å². The Balaban J connectivity index is 1.53. The van der Waals surface area contributed by atoms with Gasteiger partial charge in [-0.25, -0.2) is 0 Å². The molecule has 3 rings (SSSR count). The molecule has 0 aromatic heterocycles. The number of rotatable bonds is 7. The molecule has 0 spiro atoms. The Kier molecular flexibility index (Phi) is 7.62. The molecule has 0 unspecified atom stereocenters. The highest BCUT2D eigenvalue weighted by atomic mass is 16.2. The van der Waals surface area contributed by atoms with Gasteiger partial charge in [0.2, 0.25) is 0 Å². The summed E-state index contributed by atoms with van der Waals surface area (Å²) < 4.78 is 0. The molecule has 5 nitrogen and oxygen atoms in total. The van der Waals surface area contributed by atoms with Gasteiger partial charge in [0.25, 0.3) is 5.91 Å². The van der Waals surface area contributed by atoms with Crippen molar-refractivity contribution < 1.29 is 14.6 Å². The number of carbonyl (C=O) groups excluding carboxylic acids is 1. The lowest BCUT2D eigenvalue weighted by Crippen LogP contribution is -3.29. The number of hydrogen-bond donors (Lipinski definition) is 3. The second kappa shape index (κ2) is 10.4. The first-order valence-electron chi connectivity index (χ1n) is 11.1. The number of piperazine rings is 1. The molecular formula is C25H34N4O+2. The maximum Gasteiger partial charge on any atom is 0.282 e. The van der Waals surface area contributed by atoms with Crippen molar-refractivity contribution >= 4 is 11.6 Å². The van der Waals surface area contributed by atoms with Crippen LogP contribution in [0, 0.1) is 11.3 Å². The van der Waals surface area contributed by atoms with Crippen molar-refractivity contribution in [3.8, 4) is 6.07 Å². The Hall–Kier alpha value is -2.68. The molecule has 1 aliphatic heterocycles. The molecular weight excluding hydrogens is 372 g/mol. The average Bonchev–Trinajstić information content (AvgIpc) is 2.79. The van der Waals surface area contributed by atoms with E-state index in [0.29, 0.717) is 11.5 Å². The molecule has 0 radical (unpaired) electrons. The van der Waals surface area contributed by atoms with Gasteiger partial charge in [0.15, 0.2) is 6.04 Å². The van der Waals surface area contributed by atoms with Gasteiger partial charge in [0, 0.05) is 11.3 Å². The second-order valence-electron chi connectivity index (χ2n) is 8.50. The van der Waals surface area contributed by atoms with Gasteiger partial charge in [-0.05, 0) is 43.0 Å². The van der Waals surface area contributed by atoms with E-state index in [1.165, 1.54) is 20.9 Å². The second-order valence-corrected chi connectivity index (χ2v) is 8.50. The van der Waals surface area contributed by atoms with Gasteiger partial charge in [0.05, 0.1) is 11.6 Å². The molecule has 1 saturated heterocycles. The summed E-state index contributed by atoms with van der Waals surface area (Å²) in [5.41, 5.74) is 4.14. The molecule has 2 aromatic carbocycles. The smallest absolute Gasteiger partial charge is 0.282 e. The van der Waals surface area contributed by atoms with Crippen molar-refractivity contribution in [2.75, 3.05) is 31.5 Å². The minimum Gasteiger partial charge on any atom is -0.322 e. The van der Waals surface area contributed by atoms with Crippen molar-refractivity contribution in [2.24, 2.45) is 0 Å². The van der Waals surface area contributed by atoms with Gasteiger partial charge in [-0.15, -0.1) is 0 Å². The van der Waals surface area contributed by atoms with Crippen LogP contribution < -0.4 is 15.1 Å². The fraction of sp³-hybridized carbons (Fsp3) is 0.440. The number of nitrogens with one attached hydrogen (secondary N) is 3. The van der Waals surface area contributed by atoms with Crippen LogP contribution in [0.4, 0.5) is 5.69 Å². The van der Waals surface area contributed by atoms with Crippen LogP contribution in [0.25, 0.3) is 0 Å². The molecule has 1 amide bonds. The standard InChI is InChI=1S/C25H32N4O/c1-4-19(2)23-7-5-6-8-24(23)27-25(30)20(3)29-15-13-28(14-16-29)18-22-11-9-21(17-26)10-12-22/h5-12,19-20H,4,13-16,18H2,1-3H3,(H,27,30)/p+2/t19-,20+/m0/s1. The molecule has 0 aliphatic carbocycles. The number of hydrogen-bond acceptors (Lipinski definition) is 2. The first kappa shape index (κ1) is 22.0. The number of amides is 1. The van der Waals surface area contributed by atoms with Crippen molar-refractivity contribution in [1.29, 1.82) is 5.26 Å². The Labute approximate surface area is 180 Å². The number of para-hydroxylation sites is 1. The number of nitriles is 1. The van der Waals surface area contributed by atoms with Crippen LogP contribution in [-0.2, 0) is 11.3 Å². The van der Waals surface area contributed by atoms with E-state index in [9.17, 15) is 4.79 Å². The van der Waals surface area contributed by atoms with E-state index in [2.05, 4.69) is 43.4 Å². The Morgan fingerprint density at radius 2 is 1.73 bits per heavy atom. The van der Waals surface area contributed by atoms with Crippen molar-refractivity contribution in [3.63, 3.8) is 0 Å². The number of nitrogens with zero attached hydrogens (tertiary/aromatic N) is 1. The third kappa shape index (κ3) is 5.47. The maximum atomic E-state index is 12.9. The minimum absolute atomic E-state index is 0.0635. The summed E-state index contributed by atoms with van der Waals surface area (Å²) in [4.78, 5) is 15.8. The molecule has 0 saturated carbocycles. The summed E-state index contributed by atoms with van der Waals surface area (Å²) in [6.45, 7) is 11.5. The first-order valence-corrected chi connectivity index (χ1v) is 11.1. The summed E-state index contributed by atoms with van der Waals surface area (Å²) in [6, 6.07) is 18.2. The minimum atomic E-state index is -0.0635. The Bertz CT molecular complexity index is 879. The van der Waals surface area contributed by atoms with E-state index in [0.717, 1.165) is 44.8 Å². The molecule has 158 valence electrons. The highest BCUT2D eigenvalue weighted by Crippen LogP contribution is 2.26. The molecule has 0 bridgehead atoms. The SMILES string of the molecule is CC[C@H](C)c1ccccc1NC(=O)[C@@H](C)[NH+]1CC[NH+](Cc2ccc(C#N)cc2)CC1. The predicted octanol–water partition coefficient (Wildman–Crippen LogP) is 1.38. The van der Waals surface area contributed by atoms with Crippen LogP contribution in [-0.4, -0.2) is 38.1 Å². The van der Waals surface area contributed by atoms with E-state index < -0.39 is 0 Å². The van der Waals surface area contributed by atoms with E-state index >= 15 is 0 Å². The highest BCUT2D eigenvalue weighted by molar-refractivity contribution is 5.94. The van der Waals surface area contributed by atoms with Gasteiger partial charge in [-0.1, -0.05) is 44.2 Å². The van der Waals surface area contributed by atoms with E-state index in [1.54, 1.807) is 0 Å². The lowest BCUT2D eigenvalue weighted by atomic mass is 9.97. The quantitative estimate of drug-likeness (QED) is 0.651. The van der Waals surface area contributed by atoms with Crippen molar-refractivity contribution in [3.05, 3.63) is 65.2 Å². The topological polar surface area (TPSA) is 61.8 Å². The predicted molar refractivity (Wildman–Crippen MR) is 119 cm³/mol. The lowest BCUT2D eigenvalue weighted by Gasteiger charge is -2.32. The fourth-order valence-electron chi connectivity index (χ4n) is 4.21. The van der Waals surface area contributed by atoms with Crippen LogP contribution in [0.2, 0.25) is 0 Å². The van der Waals surface area contributed by atoms with E-state index in [-0.39, 0.29) is 11.9 Å². The molecule has 30 heavy (non-hydrogen) atoms. The Morgan fingerprint density at radius 1 is 1.07 bits per heavy atom. The zero-order valence-electron chi connectivity index (χ0n) is 18.4. The lowest BCUT2D eigenvalue weighted by molar-refractivity contribution is -1.02. The number of anilines is 1. The van der Waals surface area contributed by atoms with Crippen molar-refractivity contribution in [2.45, 2.75) is 45.7 Å². The van der Waals surface area contributed by atoms with E-state index in [4.69, 9.17) is 5.26 Å². The number of benzene rings is 2. The van der Waals surface area contributed by atoms with Crippen LogP contribution in [0.3, 0.4) is 0 Å². The van der Waals surface area contributed by atoms with Gasteiger partial charge in [0.1, 0.15) is 32.7 Å². The van der Waals surface area contributed by atoms with Gasteiger partial charge < -0.3 is 15.1 Å². The first-order chi connectivity index (χ1) is 14.5.